The number of allylic oxidation sites excluding steroid dienone is 2. The third-order valence-corrected chi connectivity index (χ3v) is 11.0. The van der Waals surface area contributed by atoms with Crippen molar-refractivity contribution in [1.29, 1.82) is 5.41 Å². The highest BCUT2D eigenvalue weighted by Gasteiger charge is 2.46. The number of nitrogens with zero attached hydrogens (tertiary/aromatic N) is 1. The standard InChI is InChI=1S/C23H31N2PS/c1-4-7-21(18-24)25-16-12-20(13-17-25)23(14-6-15-23)27-26(3)22-10-8-19(5-2)9-11-22/h2,7-11,18,20,24H,4,6,12-17H2,1,3H3/b21-7+,24-18?. The Bertz CT molecular complexity index is 707. The lowest BCUT2D eigenvalue weighted by atomic mass is 9.71. The van der Waals surface area contributed by atoms with Crippen LogP contribution in [0.2, 0.25) is 0 Å². The zero-order valence-corrected chi connectivity index (χ0v) is 18.3. The SMILES string of the molecule is C#Cc1ccc(P(C)SC2(C3CCN(/C(C=N)=C/CC)CC3)CCC2)cc1. The van der Waals surface area contributed by atoms with Crippen LogP contribution in [0.15, 0.2) is 36.0 Å². The number of hydrogen-bond acceptors (Lipinski definition) is 3. The van der Waals surface area contributed by atoms with Crippen LogP contribution >= 0.6 is 18.5 Å². The molecule has 144 valence electrons. The first-order valence-electron chi connectivity index (χ1n) is 10.1. The Labute approximate surface area is 170 Å². The van der Waals surface area contributed by atoms with Crippen molar-refractivity contribution in [3.63, 3.8) is 0 Å². The lowest BCUT2D eigenvalue weighted by Crippen LogP contribution is -2.47. The minimum atomic E-state index is -0.206. The van der Waals surface area contributed by atoms with Crippen LogP contribution in [0.5, 0.6) is 0 Å². The lowest BCUT2D eigenvalue weighted by molar-refractivity contribution is 0.155. The molecule has 1 N–H and O–H groups in total. The van der Waals surface area contributed by atoms with Gasteiger partial charge in [-0.3, -0.25) is 0 Å². The van der Waals surface area contributed by atoms with E-state index in [-0.39, 0.29) is 7.12 Å². The average Bonchev–Trinajstić information content (AvgIpc) is 2.69. The molecule has 3 rings (SSSR count). The van der Waals surface area contributed by atoms with Crippen molar-refractivity contribution in [1.82, 2.24) is 4.90 Å². The van der Waals surface area contributed by atoms with Crippen molar-refractivity contribution in [3.05, 3.63) is 41.6 Å². The smallest absolute Gasteiger partial charge is 0.0504 e. The second-order valence-electron chi connectivity index (χ2n) is 7.64. The van der Waals surface area contributed by atoms with Gasteiger partial charge in [0.25, 0.3) is 0 Å². The van der Waals surface area contributed by atoms with E-state index >= 15 is 0 Å². The van der Waals surface area contributed by atoms with E-state index in [4.69, 9.17) is 11.8 Å². The Hall–Kier alpha value is -1.23. The van der Waals surface area contributed by atoms with E-state index in [1.165, 1.54) is 43.6 Å². The van der Waals surface area contributed by atoms with E-state index in [0.717, 1.165) is 36.7 Å². The summed E-state index contributed by atoms with van der Waals surface area (Å²) in [6, 6.07) is 8.63. The molecule has 1 saturated carbocycles. The van der Waals surface area contributed by atoms with Crippen LogP contribution in [0.25, 0.3) is 0 Å². The molecule has 0 bridgehead atoms. The maximum Gasteiger partial charge on any atom is 0.0504 e. The molecule has 1 heterocycles. The van der Waals surface area contributed by atoms with E-state index in [1.807, 2.05) is 0 Å². The third-order valence-electron chi connectivity index (χ3n) is 6.08. The van der Waals surface area contributed by atoms with Gasteiger partial charge in [-0.2, -0.15) is 0 Å². The van der Waals surface area contributed by atoms with E-state index in [0.29, 0.717) is 4.75 Å². The first-order valence-corrected chi connectivity index (χ1v) is 13.3. The predicted octanol–water partition coefficient (Wildman–Crippen LogP) is 5.63. The Morgan fingerprint density at radius 2 is 2.00 bits per heavy atom. The Morgan fingerprint density at radius 3 is 2.48 bits per heavy atom. The largest absolute Gasteiger partial charge is 0.371 e. The molecule has 1 aliphatic heterocycles. The summed E-state index contributed by atoms with van der Waals surface area (Å²) in [7, 11) is -0.206. The molecule has 1 saturated heterocycles. The molecular formula is C23H31N2PS. The molecule has 1 unspecified atom stereocenters. The summed E-state index contributed by atoms with van der Waals surface area (Å²) in [4.78, 5) is 2.41. The highest BCUT2D eigenvalue weighted by atomic mass is 32.7. The van der Waals surface area contributed by atoms with E-state index in [9.17, 15) is 0 Å². The zero-order chi connectivity index (χ0) is 19.3. The fourth-order valence-corrected chi connectivity index (χ4v) is 9.73. The Morgan fingerprint density at radius 1 is 1.33 bits per heavy atom. The van der Waals surface area contributed by atoms with Crippen LogP contribution in [0, 0.1) is 23.7 Å². The molecule has 1 aromatic rings. The fourth-order valence-electron chi connectivity index (χ4n) is 4.34. The van der Waals surface area contributed by atoms with Crippen molar-refractivity contribution in [3.8, 4) is 12.3 Å². The molecule has 1 atom stereocenters. The van der Waals surface area contributed by atoms with Crippen LogP contribution in [0.1, 0.15) is 51.0 Å². The molecule has 0 amide bonds. The van der Waals surface area contributed by atoms with Gasteiger partial charge in [0.15, 0.2) is 0 Å². The maximum atomic E-state index is 7.69. The van der Waals surface area contributed by atoms with Crippen LogP contribution in [-0.2, 0) is 0 Å². The summed E-state index contributed by atoms with van der Waals surface area (Å²) in [6.07, 6.45) is 16.9. The highest BCUT2D eigenvalue weighted by molar-refractivity contribution is 8.58. The number of likely N-dealkylation sites (tertiary alicyclic amines) is 1. The summed E-state index contributed by atoms with van der Waals surface area (Å²) in [5.74, 6) is 3.53. The predicted molar refractivity (Wildman–Crippen MR) is 122 cm³/mol. The molecule has 2 aliphatic rings. The van der Waals surface area contributed by atoms with Gasteiger partial charge in [0.2, 0.25) is 0 Å². The summed E-state index contributed by atoms with van der Waals surface area (Å²) in [5, 5.41) is 9.14. The van der Waals surface area contributed by atoms with Crippen molar-refractivity contribution in [2.75, 3.05) is 19.8 Å². The van der Waals surface area contributed by atoms with Gasteiger partial charge in [0.1, 0.15) is 0 Å². The van der Waals surface area contributed by atoms with Crippen molar-refractivity contribution in [2.45, 2.75) is 50.2 Å². The van der Waals surface area contributed by atoms with Gasteiger partial charge in [-0.25, -0.2) is 0 Å². The topological polar surface area (TPSA) is 27.1 Å². The van der Waals surface area contributed by atoms with Gasteiger partial charge in [-0.1, -0.05) is 37.5 Å². The summed E-state index contributed by atoms with van der Waals surface area (Å²) < 4.78 is 0.483. The summed E-state index contributed by atoms with van der Waals surface area (Å²) >= 11 is 2.27. The van der Waals surface area contributed by atoms with Crippen LogP contribution in [0.3, 0.4) is 0 Å². The molecule has 27 heavy (non-hydrogen) atoms. The number of terminal acetylenes is 1. The number of hydrogen-bond donors (Lipinski definition) is 1. The number of benzene rings is 1. The van der Waals surface area contributed by atoms with Crippen molar-refractivity contribution >= 4 is 30.0 Å². The number of rotatable bonds is 7. The zero-order valence-electron chi connectivity index (χ0n) is 16.6. The normalized spacial score (nSPS) is 21.2. The van der Waals surface area contributed by atoms with Crippen LogP contribution < -0.4 is 5.30 Å². The fraction of sp³-hybridized carbons (Fsp3) is 0.522. The second-order valence-corrected chi connectivity index (χ2v) is 12.3. The number of nitrogens with one attached hydrogen (secondary N) is 1. The highest BCUT2D eigenvalue weighted by Crippen LogP contribution is 2.63. The average molecular weight is 399 g/mol. The molecule has 2 nitrogen and oxygen atoms in total. The van der Waals surface area contributed by atoms with Gasteiger partial charge in [0.05, 0.1) is 5.70 Å². The molecule has 0 radical (unpaired) electrons. The van der Waals surface area contributed by atoms with Crippen molar-refractivity contribution < 1.29 is 0 Å². The minimum absolute atomic E-state index is 0.206. The summed E-state index contributed by atoms with van der Waals surface area (Å²) in [5.41, 5.74) is 2.08. The molecule has 1 aromatic carbocycles. The van der Waals surface area contributed by atoms with Crippen LogP contribution in [-0.4, -0.2) is 35.6 Å². The Kier molecular flexibility index (Phi) is 7.07. The maximum absolute atomic E-state index is 7.69. The molecule has 4 heteroatoms. The van der Waals surface area contributed by atoms with Gasteiger partial charge in [0, 0.05) is 29.6 Å². The monoisotopic (exact) mass is 398 g/mol. The molecule has 0 spiro atoms. The second kappa shape index (κ2) is 9.31. The van der Waals surface area contributed by atoms with Crippen molar-refractivity contribution in [2.24, 2.45) is 5.92 Å². The van der Waals surface area contributed by atoms with E-state index in [2.05, 4.69) is 66.1 Å². The van der Waals surface area contributed by atoms with E-state index < -0.39 is 0 Å². The van der Waals surface area contributed by atoms with Gasteiger partial charge in [-0.15, -0.1) is 17.8 Å². The first kappa shape index (κ1) is 20.5. The summed E-state index contributed by atoms with van der Waals surface area (Å²) in [6.45, 7) is 6.77. The van der Waals surface area contributed by atoms with Gasteiger partial charge >= 0.3 is 0 Å². The number of piperidine rings is 1. The quantitative estimate of drug-likeness (QED) is 0.366. The molecular weight excluding hydrogens is 367 g/mol. The first-order chi connectivity index (χ1) is 13.1. The Balaban J connectivity index is 1.63. The molecule has 1 aliphatic carbocycles. The van der Waals surface area contributed by atoms with Crippen LogP contribution in [0.4, 0.5) is 0 Å². The van der Waals surface area contributed by atoms with Gasteiger partial charge < -0.3 is 10.3 Å². The minimum Gasteiger partial charge on any atom is -0.371 e. The molecule has 0 aromatic heterocycles. The lowest BCUT2D eigenvalue weighted by Gasteiger charge is -2.51. The van der Waals surface area contributed by atoms with E-state index in [1.54, 1.807) is 0 Å². The van der Waals surface area contributed by atoms with Gasteiger partial charge in [-0.05, 0) is 69.2 Å². The third kappa shape index (κ3) is 4.61. The molecule has 2 fully saturated rings.